The maximum absolute atomic E-state index is 9.23. The second-order valence-electron chi connectivity index (χ2n) is 4.16. The molecule has 0 fully saturated rings. The van der Waals surface area contributed by atoms with E-state index in [1.165, 1.54) is 0 Å². The molecule has 18 heavy (non-hydrogen) atoms. The first-order valence-corrected chi connectivity index (χ1v) is 6.01. The van der Waals surface area contributed by atoms with Crippen molar-refractivity contribution in [1.82, 2.24) is 9.97 Å². The molecule has 0 bridgehead atoms. The lowest BCUT2D eigenvalue weighted by molar-refractivity contribution is 0.475. The molecule has 0 amide bonds. The number of phenolic OH excluding ortho intramolecular Hbond substituents is 1. The first-order valence-electron chi connectivity index (χ1n) is 5.63. The molecule has 90 valence electrons. The Kier molecular flexibility index (Phi) is 2.68. The van der Waals surface area contributed by atoms with E-state index < -0.39 is 0 Å². The highest BCUT2D eigenvalue weighted by Gasteiger charge is 2.06. The lowest BCUT2D eigenvalue weighted by Crippen LogP contribution is -1.89. The zero-order valence-electron chi connectivity index (χ0n) is 9.52. The minimum atomic E-state index is 0.270. The summed E-state index contributed by atoms with van der Waals surface area (Å²) in [6.07, 6.45) is 0.686. The molecule has 1 heterocycles. The Balaban J connectivity index is 1.95. The fourth-order valence-corrected chi connectivity index (χ4v) is 2.16. The molecule has 0 aliphatic rings. The third-order valence-electron chi connectivity index (χ3n) is 2.82. The van der Waals surface area contributed by atoms with Crippen LogP contribution in [-0.2, 0) is 6.42 Å². The van der Waals surface area contributed by atoms with Crippen LogP contribution < -0.4 is 0 Å². The molecule has 2 aromatic carbocycles. The normalized spacial score (nSPS) is 10.9. The van der Waals surface area contributed by atoms with Crippen LogP contribution in [0.4, 0.5) is 0 Å². The van der Waals surface area contributed by atoms with Gasteiger partial charge in [0.1, 0.15) is 17.1 Å². The summed E-state index contributed by atoms with van der Waals surface area (Å²) in [4.78, 5) is 7.72. The van der Waals surface area contributed by atoms with Crippen LogP contribution in [-0.4, -0.2) is 15.1 Å². The summed E-state index contributed by atoms with van der Waals surface area (Å²) in [7, 11) is 0. The van der Waals surface area contributed by atoms with Gasteiger partial charge in [-0.05, 0) is 29.8 Å². The van der Waals surface area contributed by atoms with Gasteiger partial charge in [0.15, 0.2) is 0 Å². The van der Waals surface area contributed by atoms with E-state index in [9.17, 15) is 5.11 Å². The van der Waals surface area contributed by atoms with Crippen molar-refractivity contribution in [3.8, 4) is 5.75 Å². The maximum atomic E-state index is 9.23. The SMILES string of the molecule is Oc1ccc(Cc2nc3c(Cl)cccc3[nH]2)cc1. The van der Waals surface area contributed by atoms with E-state index >= 15 is 0 Å². The van der Waals surface area contributed by atoms with Crippen LogP contribution in [0.3, 0.4) is 0 Å². The van der Waals surface area contributed by atoms with Crippen LogP contribution in [0.1, 0.15) is 11.4 Å². The highest BCUT2D eigenvalue weighted by Crippen LogP contribution is 2.22. The van der Waals surface area contributed by atoms with Crippen LogP contribution in [0.15, 0.2) is 42.5 Å². The van der Waals surface area contributed by atoms with Gasteiger partial charge in [0, 0.05) is 6.42 Å². The number of imidazole rings is 1. The average Bonchev–Trinajstić information content (AvgIpc) is 2.76. The molecule has 2 N–H and O–H groups in total. The van der Waals surface area contributed by atoms with Crippen molar-refractivity contribution in [3.05, 3.63) is 58.9 Å². The Labute approximate surface area is 109 Å². The number of halogens is 1. The summed E-state index contributed by atoms with van der Waals surface area (Å²) >= 11 is 6.08. The summed E-state index contributed by atoms with van der Waals surface area (Å²) in [6, 6.07) is 12.8. The number of rotatable bonds is 2. The van der Waals surface area contributed by atoms with Crippen LogP contribution in [0.2, 0.25) is 5.02 Å². The molecule has 3 rings (SSSR count). The van der Waals surface area contributed by atoms with Gasteiger partial charge >= 0.3 is 0 Å². The number of phenols is 1. The topological polar surface area (TPSA) is 48.9 Å². The van der Waals surface area contributed by atoms with Gasteiger partial charge in [-0.2, -0.15) is 0 Å². The number of hydrogen-bond acceptors (Lipinski definition) is 2. The standard InChI is InChI=1S/C14H11ClN2O/c15-11-2-1-3-12-14(11)17-13(16-12)8-9-4-6-10(18)7-5-9/h1-7,18H,8H2,(H,16,17). The lowest BCUT2D eigenvalue weighted by atomic mass is 10.1. The fourth-order valence-electron chi connectivity index (χ4n) is 1.94. The van der Waals surface area contributed by atoms with E-state index in [-0.39, 0.29) is 5.75 Å². The van der Waals surface area contributed by atoms with Crippen molar-refractivity contribution < 1.29 is 5.11 Å². The fraction of sp³-hybridized carbons (Fsp3) is 0.0714. The molecule has 0 radical (unpaired) electrons. The number of H-pyrrole nitrogens is 1. The van der Waals surface area contributed by atoms with Crippen LogP contribution in [0.25, 0.3) is 11.0 Å². The Hall–Kier alpha value is -2.00. The highest BCUT2D eigenvalue weighted by molar-refractivity contribution is 6.34. The molecule has 0 spiro atoms. The van der Waals surface area contributed by atoms with Gasteiger partial charge in [0.2, 0.25) is 0 Å². The largest absolute Gasteiger partial charge is 0.508 e. The van der Waals surface area contributed by atoms with E-state index in [0.717, 1.165) is 22.4 Å². The van der Waals surface area contributed by atoms with Crippen molar-refractivity contribution >= 4 is 22.6 Å². The monoisotopic (exact) mass is 258 g/mol. The van der Waals surface area contributed by atoms with Crippen LogP contribution in [0, 0.1) is 0 Å². The van der Waals surface area contributed by atoms with Crippen LogP contribution >= 0.6 is 11.6 Å². The second kappa shape index (κ2) is 4.35. The quantitative estimate of drug-likeness (QED) is 0.739. The minimum absolute atomic E-state index is 0.270. The van der Waals surface area contributed by atoms with E-state index in [4.69, 9.17) is 11.6 Å². The molecule has 0 unspecified atom stereocenters. The number of benzene rings is 2. The average molecular weight is 259 g/mol. The number of fused-ring (bicyclic) bond motifs is 1. The van der Waals surface area contributed by atoms with Crippen molar-refractivity contribution in [1.29, 1.82) is 0 Å². The van der Waals surface area contributed by atoms with Gasteiger partial charge in [0.05, 0.1) is 10.5 Å². The third-order valence-corrected chi connectivity index (χ3v) is 3.13. The summed E-state index contributed by atoms with van der Waals surface area (Å²) < 4.78 is 0. The van der Waals surface area contributed by atoms with Crippen molar-refractivity contribution in [2.24, 2.45) is 0 Å². The highest BCUT2D eigenvalue weighted by atomic mass is 35.5. The molecular weight excluding hydrogens is 248 g/mol. The van der Waals surface area contributed by atoms with Gasteiger partial charge in [-0.25, -0.2) is 4.98 Å². The first-order chi connectivity index (χ1) is 8.72. The van der Waals surface area contributed by atoms with E-state index in [0.29, 0.717) is 11.4 Å². The predicted molar refractivity (Wildman–Crippen MR) is 72.0 cm³/mol. The lowest BCUT2D eigenvalue weighted by Gasteiger charge is -1.98. The Bertz CT molecular complexity index is 689. The maximum Gasteiger partial charge on any atom is 0.115 e. The number of aromatic amines is 1. The second-order valence-corrected chi connectivity index (χ2v) is 4.57. The number of aromatic hydroxyl groups is 1. The van der Waals surface area contributed by atoms with Crippen molar-refractivity contribution in [3.63, 3.8) is 0 Å². The number of aromatic nitrogens is 2. The Morgan fingerprint density at radius 2 is 1.89 bits per heavy atom. The van der Waals surface area contributed by atoms with Crippen molar-refractivity contribution in [2.75, 3.05) is 0 Å². The molecule has 4 heteroatoms. The van der Waals surface area contributed by atoms with Gasteiger partial charge in [-0.1, -0.05) is 29.8 Å². The summed E-state index contributed by atoms with van der Waals surface area (Å²) in [5, 5.41) is 9.89. The van der Waals surface area contributed by atoms with E-state index in [1.807, 2.05) is 30.3 Å². The van der Waals surface area contributed by atoms with Crippen LogP contribution in [0.5, 0.6) is 5.75 Å². The molecule has 0 saturated heterocycles. The summed E-state index contributed by atoms with van der Waals surface area (Å²) in [5.74, 6) is 1.13. The molecule has 3 aromatic rings. The summed E-state index contributed by atoms with van der Waals surface area (Å²) in [6.45, 7) is 0. The smallest absolute Gasteiger partial charge is 0.115 e. The molecule has 0 aliphatic carbocycles. The molecule has 0 saturated carbocycles. The number of para-hydroxylation sites is 1. The molecular formula is C14H11ClN2O. The number of nitrogens with zero attached hydrogens (tertiary/aromatic N) is 1. The predicted octanol–water partition coefficient (Wildman–Crippen LogP) is 3.51. The minimum Gasteiger partial charge on any atom is -0.508 e. The Morgan fingerprint density at radius 3 is 2.61 bits per heavy atom. The van der Waals surface area contributed by atoms with Gasteiger partial charge in [0.25, 0.3) is 0 Å². The number of nitrogens with one attached hydrogen (secondary N) is 1. The van der Waals surface area contributed by atoms with Gasteiger partial charge in [-0.3, -0.25) is 0 Å². The van der Waals surface area contributed by atoms with E-state index in [1.54, 1.807) is 12.1 Å². The Morgan fingerprint density at radius 1 is 1.11 bits per heavy atom. The third kappa shape index (κ3) is 2.05. The molecule has 1 aromatic heterocycles. The zero-order chi connectivity index (χ0) is 12.5. The first kappa shape index (κ1) is 11.1. The van der Waals surface area contributed by atoms with Gasteiger partial charge < -0.3 is 10.1 Å². The summed E-state index contributed by atoms with van der Waals surface area (Å²) in [5.41, 5.74) is 2.83. The zero-order valence-corrected chi connectivity index (χ0v) is 10.3. The molecule has 0 atom stereocenters. The molecule has 0 aliphatic heterocycles. The van der Waals surface area contributed by atoms with Gasteiger partial charge in [-0.15, -0.1) is 0 Å². The van der Waals surface area contributed by atoms with Crippen molar-refractivity contribution in [2.45, 2.75) is 6.42 Å². The van der Waals surface area contributed by atoms with E-state index in [2.05, 4.69) is 9.97 Å². The molecule has 3 nitrogen and oxygen atoms in total. The number of hydrogen-bond donors (Lipinski definition) is 2.